The van der Waals surface area contributed by atoms with Gasteiger partial charge in [-0.15, -0.1) is 0 Å². The maximum absolute atomic E-state index is 9.68. The van der Waals surface area contributed by atoms with Crippen molar-refractivity contribution in [2.24, 2.45) is 0 Å². The lowest BCUT2D eigenvalue weighted by Gasteiger charge is -2.11. The first-order valence-electron chi connectivity index (χ1n) is 6.46. The minimum absolute atomic E-state index is 0.0800. The first-order valence-corrected chi connectivity index (χ1v) is 7.51. The first kappa shape index (κ1) is 15.3. The smallest absolute Gasteiger partial charge is 0.0630 e. The van der Waals surface area contributed by atoms with Crippen LogP contribution in [-0.4, -0.2) is 22.2 Å². The predicted molar refractivity (Wildman–Crippen MR) is 71.6 cm³/mol. The highest BCUT2D eigenvalue weighted by molar-refractivity contribution is 7.99. The Bertz CT molecular complexity index is 126. The van der Waals surface area contributed by atoms with Gasteiger partial charge in [-0.05, 0) is 11.7 Å². The molecule has 2 heteroatoms. The Morgan fingerprint density at radius 3 is 2.20 bits per heavy atom. The topological polar surface area (TPSA) is 20.2 Å². The van der Waals surface area contributed by atoms with Crippen molar-refractivity contribution >= 4 is 11.8 Å². The fourth-order valence-corrected chi connectivity index (χ4v) is 2.32. The van der Waals surface area contributed by atoms with E-state index >= 15 is 0 Å². The van der Waals surface area contributed by atoms with E-state index in [1.54, 1.807) is 0 Å². The molecule has 0 amide bonds. The molecule has 0 aromatic heterocycles. The van der Waals surface area contributed by atoms with E-state index in [2.05, 4.69) is 20.8 Å². The fourth-order valence-electron chi connectivity index (χ4n) is 1.55. The van der Waals surface area contributed by atoms with Crippen LogP contribution in [0.3, 0.4) is 0 Å². The van der Waals surface area contributed by atoms with Crippen LogP contribution in [0.5, 0.6) is 0 Å². The average molecular weight is 232 g/mol. The molecule has 0 spiro atoms. The van der Waals surface area contributed by atoms with Gasteiger partial charge in [-0.1, -0.05) is 59.3 Å². The van der Waals surface area contributed by atoms with Crippen LogP contribution in [0.4, 0.5) is 0 Å². The van der Waals surface area contributed by atoms with Gasteiger partial charge in [-0.25, -0.2) is 0 Å². The molecule has 0 aromatic carbocycles. The van der Waals surface area contributed by atoms with Gasteiger partial charge in [-0.2, -0.15) is 11.8 Å². The highest BCUT2D eigenvalue weighted by Gasteiger charge is 2.05. The third-order valence-corrected chi connectivity index (χ3v) is 3.76. The molecule has 0 fully saturated rings. The normalized spacial score (nSPS) is 13.4. The summed E-state index contributed by atoms with van der Waals surface area (Å²) in [6.07, 6.45) is 8.80. The van der Waals surface area contributed by atoms with Gasteiger partial charge in [0.25, 0.3) is 0 Å². The van der Waals surface area contributed by atoms with Crippen LogP contribution in [0.1, 0.15) is 65.7 Å². The van der Waals surface area contributed by atoms with E-state index in [0.29, 0.717) is 5.25 Å². The van der Waals surface area contributed by atoms with Gasteiger partial charge < -0.3 is 5.11 Å². The molecule has 0 aliphatic carbocycles. The maximum Gasteiger partial charge on any atom is 0.0630 e. The fraction of sp³-hybridized carbons (Fsp3) is 1.00. The SMILES string of the molecule is CCCCCCCCC(O)CSC(C)C. The zero-order chi connectivity index (χ0) is 11.5. The minimum Gasteiger partial charge on any atom is -0.392 e. The Morgan fingerprint density at radius 1 is 1.00 bits per heavy atom. The number of thioether (sulfide) groups is 1. The zero-order valence-electron chi connectivity index (χ0n) is 10.7. The summed E-state index contributed by atoms with van der Waals surface area (Å²) in [5.41, 5.74) is 0. The number of hydrogen-bond donors (Lipinski definition) is 1. The van der Waals surface area contributed by atoms with Crippen molar-refractivity contribution in [1.29, 1.82) is 0 Å². The Hall–Kier alpha value is 0.310. The third-order valence-electron chi connectivity index (χ3n) is 2.51. The van der Waals surface area contributed by atoms with Crippen LogP contribution < -0.4 is 0 Å². The van der Waals surface area contributed by atoms with Crippen LogP contribution in [0, 0.1) is 0 Å². The molecule has 1 unspecified atom stereocenters. The molecule has 0 radical (unpaired) electrons. The molecule has 1 atom stereocenters. The van der Waals surface area contributed by atoms with Crippen molar-refractivity contribution in [3.8, 4) is 0 Å². The Kier molecular flexibility index (Phi) is 11.0. The maximum atomic E-state index is 9.68. The second kappa shape index (κ2) is 10.8. The molecule has 0 saturated heterocycles. The van der Waals surface area contributed by atoms with Gasteiger partial charge in [0.15, 0.2) is 0 Å². The summed E-state index contributed by atoms with van der Waals surface area (Å²) in [5, 5.41) is 10.3. The number of rotatable bonds is 10. The second-order valence-corrected chi connectivity index (χ2v) is 6.20. The molecule has 92 valence electrons. The molecule has 15 heavy (non-hydrogen) atoms. The molecule has 0 heterocycles. The summed E-state index contributed by atoms with van der Waals surface area (Å²) in [5.74, 6) is 0.909. The number of aliphatic hydroxyl groups is 1. The van der Waals surface area contributed by atoms with E-state index < -0.39 is 0 Å². The van der Waals surface area contributed by atoms with Crippen molar-refractivity contribution < 1.29 is 5.11 Å². The lowest BCUT2D eigenvalue weighted by atomic mass is 10.1. The van der Waals surface area contributed by atoms with E-state index in [4.69, 9.17) is 0 Å². The summed E-state index contributed by atoms with van der Waals surface area (Å²) >= 11 is 1.86. The van der Waals surface area contributed by atoms with Gasteiger partial charge in [0.2, 0.25) is 0 Å². The van der Waals surface area contributed by atoms with Gasteiger partial charge in [-0.3, -0.25) is 0 Å². The van der Waals surface area contributed by atoms with E-state index in [1.165, 1.54) is 38.5 Å². The quantitative estimate of drug-likeness (QED) is 0.569. The largest absolute Gasteiger partial charge is 0.392 e. The number of aliphatic hydroxyl groups excluding tert-OH is 1. The van der Waals surface area contributed by atoms with Crippen molar-refractivity contribution in [2.75, 3.05) is 5.75 Å². The van der Waals surface area contributed by atoms with Gasteiger partial charge >= 0.3 is 0 Å². The summed E-state index contributed by atoms with van der Waals surface area (Å²) < 4.78 is 0. The second-order valence-electron chi connectivity index (χ2n) is 4.59. The predicted octanol–water partition coefficient (Wildman–Crippen LogP) is 4.24. The monoisotopic (exact) mass is 232 g/mol. The van der Waals surface area contributed by atoms with Crippen LogP contribution in [-0.2, 0) is 0 Å². The molecule has 0 aromatic rings. The van der Waals surface area contributed by atoms with Crippen LogP contribution in [0.15, 0.2) is 0 Å². The van der Waals surface area contributed by atoms with Gasteiger partial charge in [0, 0.05) is 5.75 Å². The summed E-state index contributed by atoms with van der Waals surface area (Å²) in [4.78, 5) is 0. The molecule has 1 N–H and O–H groups in total. The van der Waals surface area contributed by atoms with E-state index in [0.717, 1.165) is 12.2 Å². The van der Waals surface area contributed by atoms with E-state index in [9.17, 15) is 5.11 Å². The van der Waals surface area contributed by atoms with Crippen molar-refractivity contribution in [2.45, 2.75) is 77.1 Å². The van der Waals surface area contributed by atoms with Gasteiger partial charge in [0.05, 0.1) is 6.10 Å². The van der Waals surface area contributed by atoms with Crippen molar-refractivity contribution in [1.82, 2.24) is 0 Å². The number of hydrogen-bond acceptors (Lipinski definition) is 2. The Morgan fingerprint density at radius 2 is 1.60 bits per heavy atom. The summed E-state index contributed by atoms with van der Waals surface area (Å²) in [6.45, 7) is 6.61. The Labute approximate surface area is 100 Å². The van der Waals surface area contributed by atoms with Crippen LogP contribution >= 0.6 is 11.8 Å². The third kappa shape index (κ3) is 12.2. The zero-order valence-corrected chi connectivity index (χ0v) is 11.5. The minimum atomic E-state index is -0.0800. The molecule has 0 aliphatic heterocycles. The molecular weight excluding hydrogens is 204 g/mol. The Balaban J connectivity index is 3.13. The van der Waals surface area contributed by atoms with E-state index in [1.807, 2.05) is 11.8 Å². The molecule has 0 rings (SSSR count). The molecule has 1 nitrogen and oxygen atoms in total. The lowest BCUT2D eigenvalue weighted by molar-refractivity contribution is 0.184. The van der Waals surface area contributed by atoms with E-state index in [-0.39, 0.29) is 6.10 Å². The molecular formula is C13H28OS. The highest BCUT2D eigenvalue weighted by Crippen LogP contribution is 2.14. The summed E-state index contributed by atoms with van der Waals surface area (Å²) in [7, 11) is 0. The van der Waals surface area contributed by atoms with Crippen LogP contribution in [0.25, 0.3) is 0 Å². The molecule has 0 saturated carbocycles. The summed E-state index contributed by atoms with van der Waals surface area (Å²) in [6, 6.07) is 0. The highest BCUT2D eigenvalue weighted by atomic mass is 32.2. The number of unbranched alkanes of at least 4 members (excludes halogenated alkanes) is 5. The molecule has 0 aliphatic rings. The lowest BCUT2D eigenvalue weighted by Crippen LogP contribution is -2.11. The average Bonchev–Trinajstić information content (AvgIpc) is 2.20. The molecule has 0 bridgehead atoms. The van der Waals surface area contributed by atoms with Crippen molar-refractivity contribution in [3.63, 3.8) is 0 Å². The standard InChI is InChI=1S/C13H28OS/c1-4-5-6-7-8-9-10-13(14)11-15-12(2)3/h12-14H,4-11H2,1-3H3. The van der Waals surface area contributed by atoms with Gasteiger partial charge in [0.1, 0.15) is 0 Å². The first-order chi connectivity index (χ1) is 7.16. The van der Waals surface area contributed by atoms with Crippen molar-refractivity contribution in [3.05, 3.63) is 0 Å². The van der Waals surface area contributed by atoms with Crippen LogP contribution in [0.2, 0.25) is 0 Å².